The number of benzene rings is 4. The third-order valence-electron chi connectivity index (χ3n) is 12.4. The number of rotatable bonds is 38. The van der Waals surface area contributed by atoms with Gasteiger partial charge in [-0.1, -0.05) is 198 Å². The first kappa shape index (κ1) is 54.6. The molecule has 0 fully saturated rings. The van der Waals surface area contributed by atoms with E-state index >= 15 is 0 Å². The molecule has 0 atom stereocenters. The van der Waals surface area contributed by atoms with Crippen LogP contribution in [-0.4, -0.2) is 25.2 Å². The van der Waals surface area contributed by atoms with Crippen molar-refractivity contribution in [1.29, 1.82) is 0 Å². The van der Waals surface area contributed by atoms with Crippen molar-refractivity contribution in [3.05, 3.63) is 108 Å². The van der Waals surface area contributed by atoms with Gasteiger partial charge in [-0.15, -0.1) is 5.11 Å². The Morgan fingerprint density at radius 3 is 1.15 bits per heavy atom. The average molecular weight is 917 g/mol. The van der Waals surface area contributed by atoms with Gasteiger partial charge in [-0.25, -0.2) is 9.59 Å². The fourth-order valence-corrected chi connectivity index (χ4v) is 8.12. The summed E-state index contributed by atoms with van der Waals surface area (Å²) in [6, 6.07) is 26.3. The highest BCUT2D eigenvalue weighted by Crippen LogP contribution is 2.34. The molecule has 0 aliphatic heterocycles. The Bertz CT molecular complexity index is 1930. The number of hydrogen-bond acceptors (Lipinski definition) is 8. The monoisotopic (exact) mass is 917 g/mol. The fraction of sp³-hybridized carbons (Fsp3) is 0.559. The largest absolute Gasteiger partial charge is 0.494 e. The first-order valence-electron chi connectivity index (χ1n) is 26.5. The van der Waals surface area contributed by atoms with Crippen LogP contribution in [0.25, 0.3) is 0 Å². The third kappa shape index (κ3) is 24.6. The molecule has 0 saturated heterocycles. The Hall–Kier alpha value is -4.98. The number of nitrogens with zero attached hydrogens (tertiary/aromatic N) is 2. The first-order valence-corrected chi connectivity index (χ1v) is 26.5. The molecule has 0 bridgehead atoms. The summed E-state index contributed by atoms with van der Waals surface area (Å²) >= 11 is 0. The number of carbonyl (C=O) groups is 2. The minimum Gasteiger partial charge on any atom is -0.494 e. The molecule has 4 rings (SSSR count). The van der Waals surface area contributed by atoms with Crippen LogP contribution in [0.5, 0.6) is 23.0 Å². The van der Waals surface area contributed by atoms with E-state index < -0.39 is 11.9 Å². The molecule has 0 unspecified atom stereocenters. The van der Waals surface area contributed by atoms with Crippen LogP contribution in [0.2, 0.25) is 0 Å². The van der Waals surface area contributed by atoms with Crippen molar-refractivity contribution in [1.82, 2.24) is 0 Å². The van der Waals surface area contributed by atoms with Crippen molar-refractivity contribution in [2.24, 2.45) is 10.2 Å². The molecule has 0 saturated carbocycles. The van der Waals surface area contributed by atoms with Crippen molar-refractivity contribution in [3.8, 4) is 23.0 Å². The summed E-state index contributed by atoms with van der Waals surface area (Å²) < 4.78 is 23.6. The molecule has 0 aliphatic rings. The lowest BCUT2D eigenvalue weighted by molar-refractivity contribution is 0.0733. The van der Waals surface area contributed by atoms with E-state index in [-0.39, 0.29) is 11.5 Å². The van der Waals surface area contributed by atoms with Gasteiger partial charge in [0.25, 0.3) is 0 Å². The molecular weight excluding hydrogens is 833 g/mol. The van der Waals surface area contributed by atoms with Crippen molar-refractivity contribution in [2.45, 2.75) is 201 Å². The molecule has 0 heterocycles. The smallest absolute Gasteiger partial charge is 0.343 e. The van der Waals surface area contributed by atoms with Crippen LogP contribution >= 0.6 is 0 Å². The second kappa shape index (κ2) is 35.2. The van der Waals surface area contributed by atoms with Crippen molar-refractivity contribution in [2.75, 3.05) is 13.2 Å². The average Bonchev–Trinajstić information content (AvgIpc) is 3.34. The molecule has 8 heteroatoms. The summed E-state index contributed by atoms with van der Waals surface area (Å²) in [6.45, 7) is 7.83. The molecule has 67 heavy (non-hydrogen) atoms. The fourth-order valence-electron chi connectivity index (χ4n) is 8.12. The van der Waals surface area contributed by atoms with Crippen molar-refractivity contribution in [3.63, 3.8) is 0 Å². The molecular formula is C59H84N2O6. The molecule has 0 radical (unpaired) electrons. The number of azo groups is 1. The van der Waals surface area contributed by atoms with Crippen LogP contribution in [0.1, 0.15) is 220 Å². The summed E-state index contributed by atoms with van der Waals surface area (Å²) in [4.78, 5) is 26.7. The predicted octanol–water partition coefficient (Wildman–Crippen LogP) is 18.6. The van der Waals surface area contributed by atoms with Crippen LogP contribution in [0.4, 0.5) is 11.4 Å². The highest BCUT2D eigenvalue weighted by molar-refractivity contribution is 5.93. The molecule has 0 aliphatic carbocycles. The van der Waals surface area contributed by atoms with Gasteiger partial charge in [0.2, 0.25) is 0 Å². The molecule has 0 amide bonds. The molecule has 4 aromatic carbocycles. The second-order valence-corrected chi connectivity index (χ2v) is 18.4. The molecule has 366 valence electrons. The maximum absolute atomic E-state index is 13.5. The Morgan fingerprint density at radius 1 is 0.388 bits per heavy atom. The maximum atomic E-state index is 13.5. The van der Waals surface area contributed by atoms with Gasteiger partial charge in [-0.05, 0) is 92.6 Å². The number of hydrogen-bond donors (Lipinski definition) is 0. The minimum atomic E-state index is -0.585. The standard InChI is InChI=1S/C59H84N2O6/c1-4-6-8-10-12-14-16-18-20-22-24-26-28-30-46-64-53-40-34-50(35-41-53)58(62)66-55-44-45-56(61-60-52-38-32-49(3)33-39-52)57(48-55)67-59(63)51-36-42-54(43-37-51)65-47-31-29-27-25-23-21-19-17-15-13-11-9-7-5-2/h32-45,48H,4-31,46-47H2,1-3H3. The highest BCUT2D eigenvalue weighted by Gasteiger charge is 2.16. The summed E-state index contributed by atoms with van der Waals surface area (Å²) in [5, 5.41) is 8.74. The lowest BCUT2D eigenvalue weighted by Gasteiger charge is -2.11. The van der Waals surface area contributed by atoms with Crippen LogP contribution in [0, 0.1) is 6.92 Å². The van der Waals surface area contributed by atoms with Gasteiger partial charge < -0.3 is 18.9 Å². The van der Waals surface area contributed by atoms with E-state index in [1.54, 1.807) is 60.7 Å². The number of aryl methyl sites for hydroxylation is 1. The lowest BCUT2D eigenvalue weighted by Crippen LogP contribution is -2.10. The quantitative estimate of drug-likeness (QED) is 0.0192. The van der Waals surface area contributed by atoms with E-state index in [2.05, 4.69) is 24.1 Å². The van der Waals surface area contributed by atoms with Crippen molar-refractivity contribution < 1.29 is 28.5 Å². The van der Waals surface area contributed by atoms with E-state index in [4.69, 9.17) is 18.9 Å². The van der Waals surface area contributed by atoms with Gasteiger partial charge in [0, 0.05) is 6.07 Å². The van der Waals surface area contributed by atoms with Crippen molar-refractivity contribution >= 4 is 23.3 Å². The van der Waals surface area contributed by atoms with Crippen LogP contribution in [0.3, 0.4) is 0 Å². The zero-order valence-electron chi connectivity index (χ0n) is 41.7. The summed E-state index contributed by atoms with van der Waals surface area (Å²) in [5.41, 5.74) is 2.78. The highest BCUT2D eigenvalue weighted by atomic mass is 16.5. The van der Waals surface area contributed by atoms with Gasteiger partial charge in [0.05, 0.1) is 30.0 Å². The molecule has 0 aromatic heterocycles. The predicted molar refractivity (Wildman–Crippen MR) is 276 cm³/mol. The van der Waals surface area contributed by atoms with Gasteiger partial charge in [-0.2, -0.15) is 5.11 Å². The molecule has 4 aromatic rings. The SMILES string of the molecule is CCCCCCCCCCCCCCCCOc1ccc(C(=O)Oc2ccc(N=Nc3ccc(C)cc3)c(OC(=O)c3ccc(OCCCCCCCCCCCCCCCC)cc3)c2)cc1. The Kier molecular flexibility index (Phi) is 28.7. The first-order chi connectivity index (χ1) is 32.9. The normalized spacial score (nSPS) is 11.3. The molecule has 8 nitrogen and oxygen atoms in total. The summed E-state index contributed by atoms with van der Waals surface area (Å²) in [7, 11) is 0. The van der Waals surface area contributed by atoms with Crippen LogP contribution in [-0.2, 0) is 0 Å². The lowest BCUT2D eigenvalue weighted by atomic mass is 10.0. The van der Waals surface area contributed by atoms with Gasteiger partial charge in [0.15, 0.2) is 5.75 Å². The van der Waals surface area contributed by atoms with Gasteiger partial charge >= 0.3 is 11.9 Å². The summed E-state index contributed by atoms with van der Waals surface area (Å²) in [5.74, 6) is 0.600. The van der Waals surface area contributed by atoms with Gasteiger partial charge in [0.1, 0.15) is 22.9 Å². The number of carbonyl (C=O) groups excluding carboxylic acids is 2. The summed E-state index contributed by atoms with van der Waals surface area (Å²) in [6.07, 6.45) is 36.9. The second-order valence-electron chi connectivity index (χ2n) is 18.4. The topological polar surface area (TPSA) is 95.8 Å². The van der Waals surface area contributed by atoms with Crippen LogP contribution in [0.15, 0.2) is 101 Å². The number of esters is 2. The third-order valence-corrected chi connectivity index (χ3v) is 12.4. The Morgan fingerprint density at radius 2 is 0.746 bits per heavy atom. The van der Waals surface area contributed by atoms with E-state index in [9.17, 15) is 9.59 Å². The number of unbranched alkanes of at least 4 members (excludes halogenated alkanes) is 26. The van der Waals surface area contributed by atoms with E-state index in [0.717, 1.165) is 31.2 Å². The molecule has 0 spiro atoms. The van der Waals surface area contributed by atoms with Gasteiger partial charge in [-0.3, -0.25) is 0 Å². The Balaban J connectivity index is 1.18. The number of ether oxygens (including phenoxy) is 4. The minimum absolute atomic E-state index is 0.108. The van der Waals surface area contributed by atoms with Crippen LogP contribution < -0.4 is 18.9 Å². The molecule has 0 N–H and O–H groups in total. The Labute approximate surface area is 405 Å². The van der Waals surface area contributed by atoms with E-state index in [0.29, 0.717) is 47.2 Å². The zero-order valence-corrected chi connectivity index (χ0v) is 41.7. The van der Waals surface area contributed by atoms with E-state index in [1.807, 2.05) is 31.2 Å². The maximum Gasteiger partial charge on any atom is 0.343 e. The zero-order chi connectivity index (χ0) is 47.4. The van der Waals surface area contributed by atoms with E-state index in [1.165, 1.54) is 160 Å².